The fraction of sp³-hybridized carbons (Fsp3) is 0.488. The molecule has 4 saturated carbocycles. The van der Waals surface area contributed by atoms with E-state index in [-0.39, 0.29) is 11.1 Å². The molecule has 1 nitrogen and oxygen atoms in total. The summed E-state index contributed by atoms with van der Waals surface area (Å²) in [6.45, 7) is 23.6. The molecule has 0 N–H and O–H groups in total. The van der Waals surface area contributed by atoms with Gasteiger partial charge in [-0.15, -0.1) is 6.58 Å². The van der Waals surface area contributed by atoms with Crippen LogP contribution in [0.25, 0.3) is 0 Å². The van der Waals surface area contributed by atoms with Gasteiger partial charge < -0.3 is 4.43 Å². The van der Waals surface area contributed by atoms with Gasteiger partial charge in [0.05, 0.1) is 5.76 Å². The molecule has 0 amide bonds. The van der Waals surface area contributed by atoms with Gasteiger partial charge >= 0.3 is 0 Å². The van der Waals surface area contributed by atoms with E-state index in [1.807, 2.05) is 0 Å². The Hall–Kier alpha value is -2.41. The van der Waals surface area contributed by atoms with E-state index >= 15 is 0 Å². The molecular formula is C43H57OPSi. The zero-order valence-electron chi connectivity index (χ0n) is 29.8. The quantitative estimate of drug-likeness (QED) is 0.114. The highest BCUT2D eigenvalue weighted by Gasteiger charge is 2.56. The minimum atomic E-state index is -2.39. The van der Waals surface area contributed by atoms with Crippen molar-refractivity contribution >= 4 is 21.5 Å². The number of benzene rings is 3. The molecule has 46 heavy (non-hydrogen) atoms. The number of rotatable bonds is 11. The Morgan fingerprint density at radius 3 is 1.61 bits per heavy atom. The molecule has 7 rings (SSSR count). The Morgan fingerprint density at radius 1 is 0.783 bits per heavy atom. The summed E-state index contributed by atoms with van der Waals surface area (Å²) in [5, 5.41) is 2.82. The fourth-order valence-corrected chi connectivity index (χ4v) is 18.3. The second kappa shape index (κ2) is 13.2. The Bertz CT molecular complexity index is 1460. The molecule has 3 aromatic carbocycles. The molecule has 1 atom stereocenters. The van der Waals surface area contributed by atoms with Crippen molar-refractivity contribution in [2.45, 2.75) is 111 Å². The Kier molecular flexibility index (Phi) is 9.64. The van der Waals surface area contributed by atoms with E-state index < -0.39 is 16.2 Å². The molecule has 1 unspecified atom stereocenters. The van der Waals surface area contributed by atoms with Crippen LogP contribution in [0.4, 0.5) is 0 Å². The molecule has 0 aliphatic heterocycles. The largest absolute Gasteiger partial charge is 0.541 e. The summed E-state index contributed by atoms with van der Waals surface area (Å²) in [7, 11) is -3.22. The topological polar surface area (TPSA) is 9.23 Å². The Morgan fingerprint density at radius 2 is 1.22 bits per heavy atom. The van der Waals surface area contributed by atoms with Crippen LogP contribution in [0.15, 0.2) is 96.1 Å². The van der Waals surface area contributed by atoms with Gasteiger partial charge in [-0.05, 0) is 136 Å². The minimum Gasteiger partial charge on any atom is -0.541 e. The van der Waals surface area contributed by atoms with Crippen LogP contribution < -0.4 is 5.30 Å². The highest BCUT2D eigenvalue weighted by Crippen LogP contribution is 2.66. The lowest BCUT2D eigenvalue weighted by Gasteiger charge is -2.58. The molecule has 3 aromatic rings. The highest BCUT2D eigenvalue weighted by molar-refractivity contribution is 7.69. The van der Waals surface area contributed by atoms with E-state index in [2.05, 4.69) is 141 Å². The van der Waals surface area contributed by atoms with E-state index in [0.29, 0.717) is 11.1 Å². The lowest BCUT2D eigenvalue weighted by molar-refractivity contribution is -0.0486. The Labute approximate surface area is 282 Å². The summed E-state index contributed by atoms with van der Waals surface area (Å²) in [5.41, 5.74) is 8.27. The van der Waals surface area contributed by atoms with Gasteiger partial charge in [0.15, 0.2) is 0 Å². The molecule has 0 heterocycles. The van der Waals surface area contributed by atoms with Gasteiger partial charge in [-0.1, -0.05) is 111 Å². The van der Waals surface area contributed by atoms with Gasteiger partial charge in [0.1, 0.15) is 0 Å². The monoisotopic (exact) mass is 648 g/mol. The predicted molar refractivity (Wildman–Crippen MR) is 202 cm³/mol. The molecular weight excluding hydrogens is 592 g/mol. The van der Waals surface area contributed by atoms with E-state index in [9.17, 15) is 0 Å². The maximum atomic E-state index is 8.00. The van der Waals surface area contributed by atoms with Gasteiger partial charge in [0.2, 0.25) is 0 Å². The van der Waals surface area contributed by atoms with Crippen molar-refractivity contribution in [2.75, 3.05) is 0 Å². The highest BCUT2D eigenvalue weighted by atomic mass is 31.1. The molecule has 4 aliphatic rings. The van der Waals surface area contributed by atoms with Crippen molar-refractivity contribution in [1.82, 2.24) is 0 Å². The van der Waals surface area contributed by atoms with Crippen LogP contribution >= 0.6 is 7.92 Å². The number of allylic oxidation sites excluding steroid dienone is 2. The molecule has 4 aliphatic carbocycles. The molecule has 0 saturated heterocycles. The van der Waals surface area contributed by atoms with E-state index in [1.165, 1.54) is 82.6 Å². The summed E-state index contributed by atoms with van der Waals surface area (Å²) >= 11 is 0. The van der Waals surface area contributed by atoms with Crippen molar-refractivity contribution in [2.24, 2.45) is 23.2 Å². The van der Waals surface area contributed by atoms with Crippen LogP contribution in [0, 0.1) is 43.9 Å². The fourth-order valence-electron chi connectivity index (χ4n) is 10.6. The first kappa shape index (κ1) is 33.5. The zero-order chi connectivity index (χ0) is 32.8. The van der Waals surface area contributed by atoms with E-state index in [1.54, 1.807) is 0 Å². The van der Waals surface area contributed by atoms with Gasteiger partial charge in [-0.2, -0.15) is 0 Å². The first-order valence-electron chi connectivity index (χ1n) is 18.0. The number of hydrogen-bond acceptors (Lipinski definition) is 1. The lowest BCUT2D eigenvalue weighted by atomic mass is 9.49. The minimum absolute atomic E-state index is 0.150. The third-order valence-corrected chi connectivity index (χ3v) is 20.1. The number of hydrogen-bond donors (Lipinski definition) is 0. The smallest absolute Gasteiger partial charge is 0.282 e. The molecule has 0 radical (unpaired) electrons. The van der Waals surface area contributed by atoms with Crippen molar-refractivity contribution in [3.8, 4) is 0 Å². The van der Waals surface area contributed by atoms with Gasteiger partial charge in [-0.25, -0.2) is 0 Å². The molecule has 0 spiro atoms. The molecule has 0 aromatic heterocycles. The second-order valence-electron chi connectivity index (χ2n) is 16.1. The maximum Gasteiger partial charge on any atom is 0.282 e. The zero-order valence-corrected chi connectivity index (χ0v) is 31.7. The van der Waals surface area contributed by atoms with Crippen molar-refractivity contribution in [1.29, 1.82) is 0 Å². The van der Waals surface area contributed by atoms with Gasteiger partial charge in [-0.3, -0.25) is 0 Å². The molecule has 4 bridgehead atoms. The van der Waals surface area contributed by atoms with Crippen LogP contribution in [0.3, 0.4) is 0 Å². The summed E-state index contributed by atoms with van der Waals surface area (Å²) in [6.07, 6.45) is 8.22. The molecule has 244 valence electrons. The summed E-state index contributed by atoms with van der Waals surface area (Å²) in [5.74, 6) is 6.69. The van der Waals surface area contributed by atoms with Crippen molar-refractivity contribution in [3.63, 3.8) is 0 Å². The second-order valence-corrected chi connectivity index (χ2v) is 23.0. The lowest BCUT2D eigenvalue weighted by Crippen LogP contribution is -2.52. The number of aryl methyl sites for hydroxylation is 3. The van der Waals surface area contributed by atoms with Gasteiger partial charge in [0, 0.05) is 11.1 Å². The van der Waals surface area contributed by atoms with Crippen molar-refractivity contribution in [3.05, 3.63) is 124 Å². The van der Waals surface area contributed by atoms with E-state index in [0.717, 1.165) is 17.8 Å². The van der Waals surface area contributed by atoms with E-state index in [4.69, 9.17) is 4.43 Å². The van der Waals surface area contributed by atoms with Crippen LogP contribution in [-0.4, -0.2) is 8.32 Å². The SMILES string of the molecule is C=C(C)[Si](O/C(=C/P(c1c(C)cc(C)cc1C)C(c1ccccc1)c1ccccc1)C12CC3CC(CC(C3)C1)C2)(C(C)C)C(C)C. The average molecular weight is 649 g/mol. The van der Waals surface area contributed by atoms with Crippen LogP contribution in [0.2, 0.25) is 11.1 Å². The standard InChI is InChI=1S/C43H57OPSi/c1-29(2)46(30(3)4,31(5)6)44-40(43-25-35-22-36(26-43)24-37(23-35)27-43)28-45(41-33(8)20-32(7)21-34(41)9)42(38-16-12-10-13-17-38)39-18-14-11-15-19-39/h10-21,28,30-31,35-37,42H,1,22-27H2,2-9H3/b40-28+. The summed E-state index contributed by atoms with van der Waals surface area (Å²) in [4.78, 5) is 0. The van der Waals surface area contributed by atoms with Gasteiger partial charge in [0.25, 0.3) is 8.32 Å². The third-order valence-electron chi connectivity index (χ3n) is 11.9. The van der Waals surface area contributed by atoms with Crippen LogP contribution in [0.5, 0.6) is 0 Å². The third kappa shape index (κ3) is 6.14. The Balaban J connectivity index is 1.65. The first-order valence-corrected chi connectivity index (χ1v) is 21.5. The molecule has 3 heteroatoms. The molecule has 4 fully saturated rings. The predicted octanol–water partition coefficient (Wildman–Crippen LogP) is 12.5. The van der Waals surface area contributed by atoms with Crippen molar-refractivity contribution < 1.29 is 4.43 Å². The normalized spacial score (nSPS) is 25.0. The van der Waals surface area contributed by atoms with Crippen LogP contribution in [0.1, 0.15) is 107 Å². The average Bonchev–Trinajstić information content (AvgIpc) is 2.98. The maximum absolute atomic E-state index is 8.00. The summed E-state index contributed by atoms with van der Waals surface area (Å²) < 4.78 is 8.00. The van der Waals surface area contributed by atoms with Crippen LogP contribution in [-0.2, 0) is 4.43 Å². The first-order chi connectivity index (χ1) is 21.9. The summed E-state index contributed by atoms with van der Waals surface area (Å²) in [6, 6.07) is 27.5.